The topological polar surface area (TPSA) is 56.2 Å². The molecule has 0 spiro atoms. The summed E-state index contributed by atoms with van der Waals surface area (Å²) in [4.78, 5) is 3.85. The molecule has 0 saturated carbocycles. The lowest BCUT2D eigenvalue weighted by atomic mass is 10.2. The first-order chi connectivity index (χ1) is 8.90. The molecule has 0 aliphatic rings. The van der Waals surface area contributed by atoms with Gasteiger partial charge in [0.1, 0.15) is 16.7 Å². The molecule has 4 nitrogen and oxygen atoms in total. The molecule has 0 aliphatic carbocycles. The van der Waals surface area contributed by atoms with Gasteiger partial charge in [-0.15, -0.1) is 0 Å². The number of anilines is 1. The quantitative estimate of drug-likeness (QED) is 0.525. The average Bonchev–Trinajstić information content (AvgIpc) is 2.65. The van der Waals surface area contributed by atoms with Crippen molar-refractivity contribution in [1.82, 2.24) is 9.66 Å². The smallest absolute Gasteiger partial charge is 0.221 e. The summed E-state index contributed by atoms with van der Waals surface area (Å²) in [6.07, 6.45) is 2.32. The van der Waals surface area contributed by atoms with Crippen molar-refractivity contribution < 1.29 is 13.2 Å². The second kappa shape index (κ2) is 4.93. The summed E-state index contributed by atoms with van der Waals surface area (Å²) >= 11 is 5.35. The van der Waals surface area contributed by atoms with E-state index < -0.39 is 28.0 Å². The number of hydrogen-bond acceptors (Lipinski definition) is 3. The molecule has 0 amide bonds. The Hall–Kier alpha value is -2.02. The first-order valence-electron chi connectivity index (χ1n) is 5.09. The molecule has 0 unspecified atom stereocenters. The third-order valence-electron chi connectivity index (χ3n) is 2.30. The van der Waals surface area contributed by atoms with Crippen molar-refractivity contribution in [3.8, 4) is 0 Å². The SMILES string of the molecule is Cc1cn(N=Cc2c(F)cc(F)c(Cl)c2F)c(N)n1. The summed E-state index contributed by atoms with van der Waals surface area (Å²) in [6.45, 7) is 1.68. The van der Waals surface area contributed by atoms with Gasteiger partial charge >= 0.3 is 0 Å². The molecule has 1 aromatic carbocycles. The fourth-order valence-electron chi connectivity index (χ4n) is 1.41. The highest BCUT2D eigenvalue weighted by Gasteiger charge is 2.16. The van der Waals surface area contributed by atoms with Crippen LogP contribution in [0.5, 0.6) is 0 Å². The highest BCUT2D eigenvalue weighted by molar-refractivity contribution is 6.31. The van der Waals surface area contributed by atoms with E-state index in [2.05, 4.69) is 10.1 Å². The van der Waals surface area contributed by atoms with E-state index in [4.69, 9.17) is 17.3 Å². The van der Waals surface area contributed by atoms with E-state index >= 15 is 0 Å². The van der Waals surface area contributed by atoms with Crippen molar-refractivity contribution in [2.45, 2.75) is 6.92 Å². The Labute approximate surface area is 111 Å². The number of halogens is 4. The molecular formula is C11H8ClF3N4. The van der Waals surface area contributed by atoms with Gasteiger partial charge < -0.3 is 5.73 Å². The maximum absolute atomic E-state index is 13.6. The zero-order valence-electron chi connectivity index (χ0n) is 9.66. The van der Waals surface area contributed by atoms with Crippen molar-refractivity contribution in [1.29, 1.82) is 0 Å². The van der Waals surface area contributed by atoms with Gasteiger partial charge in [0.05, 0.1) is 23.7 Å². The number of benzene rings is 1. The van der Waals surface area contributed by atoms with Gasteiger partial charge in [0.15, 0.2) is 5.82 Å². The zero-order valence-corrected chi connectivity index (χ0v) is 10.4. The monoisotopic (exact) mass is 288 g/mol. The van der Waals surface area contributed by atoms with Crippen LogP contribution >= 0.6 is 11.6 Å². The molecule has 0 saturated heterocycles. The van der Waals surface area contributed by atoms with Crippen molar-refractivity contribution in [2.24, 2.45) is 5.10 Å². The van der Waals surface area contributed by atoms with E-state index in [1.807, 2.05) is 0 Å². The number of hydrogen-bond donors (Lipinski definition) is 1. The average molecular weight is 289 g/mol. The molecule has 8 heteroatoms. The number of aryl methyl sites for hydroxylation is 1. The molecule has 2 aromatic rings. The molecular weight excluding hydrogens is 281 g/mol. The maximum Gasteiger partial charge on any atom is 0.221 e. The number of nitrogen functional groups attached to an aromatic ring is 1. The van der Waals surface area contributed by atoms with Gasteiger partial charge in [-0.25, -0.2) is 22.8 Å². The highest BCUT2D eigenvalue weighted by atomic mass is 35.5. The lowest BCUT2D eigenvalue weighted by Gasteiger charge is -2.02. The van der Waals surface area contributed by atoms with E-state index in [0.717, 1.165) is 10.9 Å². The first kappa shape index (κ1) is 13.4. The first-order valence-corrected chi connectivity index (χ1v) is 5.46. The van der Waals surface area contributed by atoms with Crippen LogP contribution in [0.1, 0.15) is 11.3 Å². The van der Waals surface area contributed by atoms with E-state index in [-0.39, 0.29) is 5.95 Å². The van der Waals surface area contributed by atoms with Crippen LogP contribution in [0.4, 0.5) is 19.1 Å². The van der Waals surface area contributed by atoms with Gasteiger partial charge in [0, 0.05) is 6.07 Å². The fraction of sp³-hybridized carbons (Fsp3) is 0.0909. The second-order valence-electron chi connectivity index (χ2n) is 3.71. The van der Waals surface area contributed by atoms with Crippen molar-refractivity contribution in [2.75, 3.05) is 5.73 Å². The predicted molar refractivity (Wildman–Crippen MR) is 65.7 cm³/mol. The highest BCUT2D eigenvalue weighted by Crippen LogP contribution is 2.23. The number of imidazole rings is 1. The largest absolute Gasteiger partial charge is 0.368 e. The fourth-order valence-corrected chi connectivity index (χ4v) is 1.57. The van der Waals surface area contributed by atoms with Gasteiger partial charge in [0.2, 0.25) is 5.95 Å². The summed E-state index contributed by atoms with van der Waals surface area (Å²) in [5, 5.41) is 2.94. The van der Waals surface area contributed by atoms with Gasteiger partial charge in [-0.05, 0) is 6.92 Å². The van der Waals surface area contributed by atoms with Crippen molar-refractivity contribution in [3.63, 3.8) is 0 Å². The van der Waals surface area contributed by atoms with Gasteiger partial charge in [-0.1, -0.05) is 11.6 Å². The Balaban J connectivity index is 2.44. The standard InChI is InChI=1S/C11H8ClF3N4/c1-5-4-19(11(16)18-5)17-3-6-7(13)2-8(14)9(12)10(6)15/h2-4H,1H3,(H2,16,18). The maximum atomic E-state index is 13.6. The minimum absolute atomic E-state index is 0.0581. The van der Waals surface area contributed by atoms with Crippen LogP contribution < -0.4 is 5.73 Å². The van der Waals surface area contributed by atoms with Crippen LogP contribution in [-0.4, -0.2) is 15.9 Å². The summed E-state index contributed by atoms with van der Waals surface area (Å²) in [5.41, 5.74) is 5.53. The third kappa shape index (κ3) is 2.55. The third-order valence-corrected chi connectivity index (χ3v) is 2.64. The van der Waals surface area contributed by atoms with E-state index in [1.54, 1.807) is 6.92 Å². The molecule has 1 aromatic heterocycles. The number of nitrogens with zero attached hydrogens (tertiary/aromatic N) is 3. The minimum atomic E-state index is -1.22. The lowest BCUT2D eigenvalue weighted by molar-refractivity contribution is 0.541. The predicted octanol–water partition coefficient (Wildman–Crippen LogP) is 2.73. The Morgan fingerprint density at radius 1 is 1.37 bits per heavy atom. The molecule has 0 radical (unpaired) electrons. The molecule has 0 aliphatic heterocycles. The summed E-state index contributed by atoms with van der Waals surface area (Å²) in [5.74, 6) is -3.45. The molecule has 1 heterocycles. The van der Waals surface area contributed by atoms with Crippen LogP contribution in [0.2, 0.25) is 5.02 Å². The van der Waals surface area contributed by atoms with Crippen LogP contribution in [0, 0.1) is 24.4 Å². The number of rotatable bonds is 2. The molecule has 2 rings (SSSR count). The molecule has 2 N–H and O–H groups in total. The molecule has 0 fully saturated rings. The Morgan fingerprint density at radius 2 is 2.05 bits per heavy atom. The zero-order chi connectivity index (χ0) is 14.2. The Kier molecular flexibility index (Phi) is 3.48. The van der Waals surface area contributed by atoms with E-state index in [1.165, 1.54) is 6.20 Å². The molecule has 0 atom stereocenters. The van der Waals surface area contributed by atoms with Gasteiger partial charge in [-0.2, -0.15) is 5.10 Å². The second-order valence-corrected chi connectivity index (χ2v) is 4.09. The summed E-state index contributed by atoms with van der Waals surface area (Å²) in [7, 11) is 0. The van der Waals surface area contributed by atoms with Crippen molar-refractivity contribution in [3.05, 3.63) is 46.0 Å². The van der Waals surface area contributed by atoms with Crippen molar-refractivity contribution >= 4 is 23.8 Å². The normalized spacial score (nSPS) is 11.4. The lowest BCUT2D eigenvalue weighted by Crippen LogP contribution is -2.01. The molecule has 100 valence electrons. The van der Waals surface area contributed by atoms with E-state index in [9.17, 15) is 13.2 Å². The van der Waals surface area contributed by atoms with Gasteiger partial charge in [-0.3, -0.25) is 0 Å². The van der Waals surface area contributed by atoms with Gasteiger partial charge in [0.25, 0.3) is 0 Å². The Bertz CT molecular complexity index is 666. The Morgan fingerprint density at radius 3 is 2.63 bits per heavy atom. The number of aromatic nitrogens is 2. The summed E-state index contributed by atoms with van der Waals surface area (Å²) < 4.78 is 41.1. The van der Waals surface area contributed by atoms with Crippen LogP contribution in [-0.2, 0) is 0 Å². The molecule has 19 heavy (non-hydrogen) atoms. The number of nitrogens with two attached hydrogens (primary N) is 1. The molecule has 0 bridgehead atoms. The van der Waals surface area contributed by atoms with Crippen LogP contribution in [0.15, 0.2) is 17.4 Å². The summed E-state index contributed by atoms with van der Waals surface area (Å²) in [6, 6.07) is 0.481. The van der Waals surface area contributed by atoms with E-state index in [0.29, 0.717) is 11.8 Å². The minimum Gasteiger partial charge on any atom is -0.368 e. The van der Waals surface area contributed by atoms with Crippen LogP contribution in [0.3, 0.4) is 0 Å². The van der Waals surface area contributed by atoms with Crippen LogP contribution in [0.25, 0.3) is 0 Å².